The maximum absolute atomic E-state index is 12.4. The molecule has 2 aromatic rings. The molecule has 108 valence electrons. The lowest BCUT2D eigenvalue weighted by Gasteiger charge is -2.18. The summed E-state index contributed by atoms with van der Waals surface area (Å²) in [5, 5.41) is 0. The van der Waals surface area contributed by atoms with Crippen LogP contribution in [0.3, 0.4) is 0 Å². The number of imide groups is 1. The summed E-state index contributed by atoms with van der Waals surface area (Å²) in [6.07, 6.45) is 0. The van der Waals surface area contributed by atoms with Crippen molar-refractivity contribution < 1.29 is 14.4 Å². The van der Waals surface area contributed by atoms with Gasteiger partial charge in [0, 0.05) is 19.5 Å². The predicted octanol–water partition coefficient (Wildman–Crippen LogP) is 1.99. The highest BCUT2D eigenvalue weighted by atomic mass is 16.2. The molecule has 0 aliphatic carbocycles. The maximum Gasteiger partial charge on any atom is 0.281 e. The molecule has 0 atom stereocenters. The monoisotopic (exact) mass is 285 g/mol. The molecule has 0 radical (unpaired) electrons. The molecule has 0 aliphatic rings. The zero-order valence-corrected chi connectivity index (χ0v) is 11.7. The number of amides is 2. The van der Waals surface area contributed by atoms with Crippen LogP contribution in [0.2, 0.25) is 0 Å². The van der Waals surface area contributed by atoms with Gasteiger partial charge < -0.3 is 10.7 Å². The van der Waals surface area contributed by atoms with E-state index in [1.165, 1.54) is 26.0 Å². The van der Waals surface area contributed by atoms with Gasteiger partial charge in [0.2, 0.25) is 5.91 Å². The lowest BCUT2D eigenvalue weighted by atomic mass is 10.2. The van der Waals surface area contributed by atoms with E-state index in [-0.39, 0.29) is 11.5 Å². The number of nitrogen functional groups attached to an aromatic ring is 1. The minimum Gasteiger partial charge on any atom is -0.399 e. The topological polar surface area (TPSA) is 96.3 Å². The number of hydrogen-bond acceptors (Lipinski definition) is 4. The van der Waals surface area contributed by atoms with Crippen molar-refractivity contribution >= 4 is 29.0 Å². The molecule has 0 unspecified atom stereocenters. The lowest BCUT2D eigenvalue weighted by Crippen LogP contribution is -2.35. The smallest absolute Gasteiger partial charge is 0.281 e. The van der Waals surface area contributed by atoms with Gasteiger partial charge in [-0.3, -0.25) is 14.4 Å². The number of nitrogens with zero attached hydrogens (tertiary/aromatic N) is 1. The molecule has 6 nitrogen and oxygen atoms in total. The molecular weight excluding hydrogens is 270 g/mol. The second-order valence-electron chi connectivity index (χ2n) is 4.59. The van der Waals surface area contributed by atoms with E-state index in [1.807, 2.05) is 0 Å². The number of aromatic nitrogens is 1. The van der Waals surface area contributed by atoms with E-state index in [2.05, 4.69) is 4.98 Å². The lowest BCUT2D eigenvalue weighted by molar-refractivity contribution is -0.115. The van der Waals surface area contributed by atoms with Gasteiger partial charge in [-0.2, -0.15) is 0 Å². The summed E-state index contributed by atoms with van der Waals surface area (Å²) in [5.74, 6) is -1.14. The van der Waals surface area contributed by atoms with Gasteiger partial charge in [0.25, 0.3) is 5.91 Å². The SMILES string of the molecule is CC(=O)c1ccc(C(=O)N(C(C)=O)c2ccc(N)cc2)[nH]1. The zero-order valence-electron chi connectivity index (χ0n) is 11.7. The first kappa shape index (κ1) is 14.5. The number of carbonyl (C=O) groups excluding carboxylic acids is 3. The number of aromatic amines is 1. The Bertz CT molecular complexity index is 701. The van der Waals surface area contributed by atoms with Crippen LogP contribution in [0.5, 0.6) is 0 Å². The normalized spacial score (nSPS) is 10.2. The van der Waals surface area contributed by atoms with Crippen molar-refractivity contribution in [3.8, 4) is 0 Å². The highest BCUT2D eigenvalue weighted by Crippen LogP contribution is 2.19. The summed E-state index contributed by atoms with van der Waals surface area (Å²) in [6.45, 7) is 2.69. The molecule has 0 saturated heterocycles. The van der Waals surface area contributed by atoms with Crippen LogP contribution in [0.1, 0.15) is 34.8 Å². The van der Waals surface area contributed by atoms with Gasteiger partial charge in [-0.25, -0.2) is 4.90 Å². The molecule has 1 aromatic heterocycles. The van der Waals surface area contributed by atoms with Crippen LogP contribution in [0, 0.1) is 0 Å². The van der Waals surface area contributed by atoms with Crippen LogP contribution in [-0.4, -0.2) is 22.6 Å². The molecule has 2 rings (SSSR count). The van der Waals surface area contributed by atoms with Crippen LogP contribution < -0.4 is 10.6 Å². The van der Waals surface area contributed by atoms with E-state index < -0.39 is 11.8 Å². The minimum atomic E-state index is -0.528. The first-order chi connectivity index (χ1) is 9.90. The third-order valence-electron chi connectivity index (χ3n) is 2.96. The Balaban J connectivity index is 2.37. The standard InChI is InChI=1S/C15H15N3O3/c1-9(19)13-7-8-14(17-13)15(21)18(10(2)20)12-5-3-11(16)4-6-12/h3-8,17H,16H2,1-2H3. The zero-order chi connectivity index (χ0) is 15.6. The Morgan fingerprint density at radius 2 is 1.52 bits per heavy atom. The highest BCUT2D eigenvalue weighted by molar-refractivity contribution is 6.20. The van der Waals surface area contributed by atoms with Gasteiger partial charge in [-0.1, -0.05) is 0 Å². The first-order valence-corrected chi connectivity index (χ1v) is 6.30. The molecule has 0 spiro atoms. The third kappa shape index (κ3) is 3.00. The number of hydrogen-bond donors (Lipinski definition) is 2. The van der Waals surface area contributed by atoms with Crippen LogP contribution >= 0.6 is 0 Å². The number of carbonyl (C=O) groups is 3. The fraction of sp³-hybridized carbons (Fsp3) is 0.133. The number of H-pyrrole nitrogens is 1. The maximum atomic E-state index is 12.4. The van der Waals surface area contributed by atoms with Gasteiger partial charge in [0.15, 0.2) is 5.78 Å². The van der Waals surface area contributed by atoms with Gasteiger partial charge in [0.05, 0.1) is 11.4 Å². The Morgan fingerprint density at radius 3 is 2.00 bits per heavy atom. The van der Waals surface area contributed by atoms with Gasteiger partial charge in [-0.05, 0) is 36.4 Å². The molecule has 3 N–H and O–H groups in total. The van der Waals surface area contributed by atoms with Crippen molar-refractivity contribution in [2.45, 2.75) is 13.8 Å². The van der Waals surface area contributed by atoms with Crippen molar-refractivity contribution in [3.05, 3.63) is 47.8 Å². The molecule has 6 heteroatoms. The van der Waals surface area contributed by atoms with Crippen molar-refractivity contribution in [3.63, 3.8) is 0 Å². The summed E-state index contributed by atoms with van der Waals surface area (Å²) >= 11 is 0. The number of Topliss-reactive ketones (excluding diaryl/α,β-unsaturated/α-hetero) is 1. The minimum absolute atomic E-state index is 0.173. The molecule has 2 amide bonds. The Labute approximate surface area is 121 Å². The van der Waals surface area contributed by atoms with E-state index in [1.54, 1.807) is 24.3 Å². The Morgan fingerprint density at radius 1 is 0.952 bits per heavy atom. The largest absolute Gasteiger partial charge is 0.399 e. The van der Waals surface area contributed by atoms with E-state index in [0.29, 0.717) is 17.1 Å². The molecule has 0 aliphatic heterocycles. The van der Waals surface area contributed by atoms with Gasteiger partial charge in [-0.15, -0.1) is 0 Å². The summed E-state index contributed by atoms with van der Waals surface area (Å²) in [4.78, 5) is 39.2. The van der Waals surface area contributed by atoms with E-state index in [9.17, 15) is 14.4 Å². The average molecular weight is 285 g/mol. The van der Waals surface area contributed by atoms with Crippen molar-refractivity contribution in [2.24, 2.45) is 0 Å². The third-order valence-corrected chi connectivity index (χ3v) is 2.96. The summed E-state index contributed by atoms with van der Waals surface area (Å²) in [6, 6.07) is 9.37. The molecule has 21 heavy (non-hydrogen) atoms. The molecular formula is C15H15N3O3. The van der Waals surface area contributed by atoms with Crippen LogP contribution in [0.15, 0.2) is 36.4 Å². The molecule has 0 saturated carbocycles. The van der Waals surface area contributed by atoms with Crippen LogP contribution in [-0.2, 0) is 4.79 Å². The Kier molecular flexibility index (Phi) is 3.89. The summed E-state index contributed by atoms with van der Waals surface area (Å²) < 4.78 is 0. The van der Waals surface area contributed by atoms with Crippen LogP contribution in [0.25, 0.3) is 0 Å². The fourth-order valence-electron chi connectivity index (χ4n) is 1.91. The van der Waals surface area contributed by atoms with Crippen molar-refractivity contribution in [1.29, 1.82) is 0 Å². The Hall–Kier alpha value is -2.89. The molecule has 1 aromatic carbocycles. The number of rotatable bonds is 3. The van der Waals surface area contributed by atoms with Crippen LogP contribution in [0.4, 0.5) is 11.4 Å². The molecule has 0 bridgehead atoms. The first-order valence-electron chi connectivity index (χ1n) is 6.30. The number of ketones is 1. The van der Waals surface area contributed by atoms with Crippen molar-refractivity contribution in [2.75, 3.05) is 10.6 Å². The molecule has 0 fully saturated rings. The average Bonchev–Trinajstić information content (AvgIpc) is 2.90. The van der Waals surface area contributed by atoms with Gasteiger partial charge >= 0.3 is 0 Å². The molecule has 1 heterocycles. The number of nitrogens with two attached hydrogens (primary N) is 1. The summed E-state index contributed by atoms with van der Waals surface area (Å²) in [7, 11) is 0. The quantitative estimate of drug-likeness (QED) is 0.665. The van der Waals surface area contributed by atoms with E-state index >= 15 is 0 Å². The van der Waals surface area contributed by atoms with E-state index in [4.69, 9.17) is 5.73 Å². The number of benzene rings is 1. The second-order valence-corrected chi connectivity index (χ2v) is 4.59. The van der Waals surface area contributed by atoms with E-state index in [0.717, 1.165) is 4.90 Å². The number of nitrogens with one attached hydrogen (secondary N) is 1. The summed E-state index contributed by atoms with van der Waals surface area (Å²) in [5.41, 5.74) is 7.04. The fourth-order valence-corrected chi connectivity index (χ4v) is 1.91. The van der Waals surface area contributed by atoms with Crippen molar-refractivity contribution in [1.82, 2.24) is 4.98 Å². The number of anilines is 2. The second kappa shape index (κ2) is 5.62. The highest BCUT2D eigenvalue weighted by Gasteiger charge is 2.23. The van der Waals surface area contributed by atoms with Gasteiger partial charge in [0.1, 0.15) is 5.69 Å². The predicted molar refractivity (Wildman–Crippen MR) is 79.1 cm³/mol.